The van der Waals surface area contributed by atoms with Crippen LogP contribution in [0.4, 0.5) is 0 Å². The van der Waals surface area contributed by atoms with Gasteiger partial charge in [-0.05, 0) is 37.5 Å². The summed E-state index contributed by atoms with van der Waals surface area (Å²) in [5.41, 5.74) is 5.85. The molecule has 0 aromatic carbocycles. The lowest BCUT2D eigenvalue weighted by molar-refractivity contribution is 0.294. The summed E-state index contributed by atoms with van der Waals surface area (Å²) < 4.78 is 0. The summed E-state index contributed by atoms with van der Waals surface area (Å²) in [6.07, 6.45) is 8.14. The van der Waals surface area contributed by atoms with Crippen molar-refractivity contribution in [3.05, 3.63) is 0 Å². The summed E-state index contributed by atoms with van der Waals surface area (Å²) >= 11 is 0. The van der Waals surface area contributed by atoms with Crippen LogP contribution < -0.4 is 5.73 Å². The van der Waals surface area contributed by atoms with Gasteiger partial charge in [-0.1, -0.05) is 26.7 Å². The van der Waals surface area contributed by atoms with Crippen molar-refractivity contribution in [3.63, 3.8) is 0 Å². The van der Waals surface area contributed by atoms with Gasteiger partial charge in [0.25, 0.3) is 0 Å². The Labute approximate surface area is 76.7 Å². The lowest BCUT2D eigenvalue weighted by atomic mass is 9.82. The third-order valence-corrected chi connectivity index (χ3v) is 3.04. The Hall–Kier alpha value is -0.0400. The van der Waals surface area contributed by atoms with Crippen LogP contribution in [0, 0.1) is 11.8 Å². The second kappa shape index (κ2) is 4.86. The topological polar surface area (TPSA) is 26.0 Å². The first-order valence-corrected chi connectivity index (χ1v) is 5.44. The van der Waals surface area contributed by atoms with Gasteiger partial charge in [-0.15, -0.1) is 0 Å². The Kier molecular flexibility index (Phi) is 4.07. The Morgan fingerprint density at radius 3 is 2.25 bits per heavy atom. The fourth-order valence-electron chi connectivity index (χ4n) is 2.05. The Morgan fingerprint density at radius 2 is 1.75 bits per heavy atom. The first kappa shape index (κ1) is 10.0. The molecule has 1 fully saturated rings. The predicted molar refractivity (Wildman–Crippen MR) is 54.0 cm³/mol. The zero-order valence-corrected chi connectivity index (χ0v) is 8.55. The van der Waals surface area contributed by atoms with E-state index in [0.717, 1.165) is 11.8 Å². The van der Waals surface area contributed by atoms with Gasteiger partial charge in [0, 0.05) is 6.04 Å². The molecule has 0 bridgehead atoms. The molecule has 0 aromatic rings. The van der Waals surface area contributed by atoms with Gasteiger partial charge in [0.2, 0.25) is 0 Å². The zero-order chi connectivity index (χ0) is 8.97. The first-order chi connectivity index (χ1) is 5.68. The summed E-state index contributed by atoms with van der Waals surface area (Å²) in [7, 11) is 0. The maximum atomic E-state index is 5.85. The van der Waals surface area contributed by atoms with Gasteiger partial charge in [0.05, 0.1) is 0 Å². The molecule has 1 aliphatic rings. The quantitative estimate of drug-likeness (QED) is 0.690. The Bertz CT molecular complexity index is 112. The van der Waals surface area contributed by atoms with Crippen LogP contribution in [0.2, 0.25) is 0 Å². The van der Waals surface area contributed by atoms with E-state index in [0.29, 0.717) is 6.04 Å². The van der Waals surface area contributed by atoms with Crippen LogP contribution >= 0.6 is 0 Å². The summed E-state index contributed by atoms with van der Waals surface area (Å²) in [5, 5.41) is 0. The Morgan fingerprint density at radius 1 is 1.17 bits per heavy atom. The number of rotatable bonds is 3. The van der Waals surface area contributed by atoms with E-state index in [9.17, 15) is 0 Å². The monoisotopic (exact) mass is 169 g/mol. The number of nitrogens with two attached hydrogens (primary N) is 1. The fraction of sp³-hybridized carbons (Fsp3) is 1.00. The second-order valence-electron chi connectivity index (χ2n) is 4.75. The highest BCUT2D eigenvalue weighted by molar-refractivity contribution is 4.74. The van der Waals surface area contributed by atoms with Gasteiger partial charge in [-0.3, -0.25) is 0 Å². The van der Waals surface area contributed by atoms with Crippen LogP contribution in [0.25, 0.3) is 0 Å². The van der Waals surface area contributed by atoms with Crippen LogP contribution in [0.5, 0.6) is 0 Å². The van der Waals surface area contributed by atoms with Crippen molar-refractivity contribution < 1.29 is 0 Å². The van der Waals surface area contributed by atoms with Gasteiger partial charge in [-0.25, -0.2) is 0 Å². The highest BCUT2D eigenvalue weighted by atomic mass is 14.6. The summed E-state index contributed by atoms with van der Waals surface area (Å²) in [5.74, 6) is 1.87. The minimum atomic E-state index is 0.514. The van der Waals surface area contributed by atoms with Crippen LogP contribution in [0.3, 0.4) is 0 Å². The summed E-state index contributed by atoms with van der Waals surface area (Å²) in [6, 6.07) is 0.514. The van der Waals surface area contributed by atoms with Gasteiger partial charge in [0.15, 0.2) is 0 Å². The molecular weight excluding hydrogens is 146 g/mol. The highest BCUT2D eigenvalue weighted by Crippen LogP contribution is 2.27. The molecule has 12 heavy (non-hydrogen) atoms. The van der Waals surface area contributed by atoms with E-state index in [1.54, 1.807) is 0 Å². The smallest absolute Gasteiger partial charge is 0.00390 e. The normalized spacial score (nSPS) is 31.0. The minimum absolute atomic E-state index is 0.514. The van der Waals surface area contributed by atoms with Crippen molar-refractivity contribution in [2.24, 2.45) is 17.6 Å². The fourth-order valence-corrected chi connectivity index (χ4v) is 2.05. The summed E-state index contributed by atoms with van der Waals surface area (Å²) in [4.78, 5) is 0. The molecule has 0 aliphatic heterocycles. The van der Waals surface area contributed by atoms with Crippen molar-refractivity contribution in [2.75, 3.05) is 0 Å². The number of hydrogen-bond donors (Lipinski definition) is 1. The zero-order valence-electron chi connectivity index (χ0n) is 8.55. The molecule has 1 saturated carbocycles. The van der Waals surface area contributed by atoms with E-state index >= 15 is 0 Å². The molecule has 1 rings (SSSR count). The lowest BCUT2D eigenvalue weighted by Gasteiger charge is -2.26. The standard InChI is InChI=1S/C11H23N/c1-9(2)3-4-10-5-7-11(12)8-6-10/h9-11H,3-8,12H2,1-2H3/t10-,11-. The van der Waals surface area contributed by atoms with E-state index < -0.39 is 0 Å². The molecule has 0 saturated heterocycles. The largest absolute Gasteiger partial charge is 0.328 e. The van der Waals surface area contributed by atoms with Crippen LogP contribution in [0.1, 0.15) is 52.4 Å². The third-order valence-electron chi connectivity index (χ3n) is 3.04. The van der Waals surface area contributed by atoms with Gasteiger partial charge >= 0.3 is 0 Å². The van der Waals surface area contributed by atoms with Gasteiger partial charge in [-0.2, -0.15) is 0 Å². The number of hydrogen-bond acceptors (Lipinski definition) is 1. The van der Waals surface area contributed by atoms with E-state index in [4.69, 9.17) is 5.73 Å². The third kappa shape index (κ3) is 3.57. The maximum absolute atomic E-state index is 5.85. The molecule has 0 unspecified atom stereocenters. The van der Waals surface area contributed by atoms with Crippen LogP contribution in [-0.4, -0.2) is 6.04 Å². The second-order valence-corrected chi connectivity index (χ2v) is 4.75. The Balaban J connectivity index is 2.09. The van der Waals surface area contributed by atoms with E-state index in [1.165, 1.54) is 38.5 Å². The van der Waals surface area contributed by atoms with Crippen LogP contribution in [0.15, 0.2) is 0 Å². The van der Waals surface area contributed by atoms with Crippen molar-refractivity contribution >= 4 is 0 Å². The summed E-state index contributed by atoms with van der Waals surface area (Å²) in [6.45, 7) is 4.63. The van der Waals surface area contributed by atoms with Gasteiger partial charge < -0.3 is 5.73 Å². The molecule has 0 spiro atoms. The van der Waals surface area contributed by atoms with Crippen molar-refractivity contribution in [1.29, 1.82) is 0 Å². The lowest BCUT2D eigenvalue weighted by Crippen LogP contribution is -2.26. The van der Waals surface area contributed by atoms with Crippen molar-refractivity contribution in [1.82, 2.24) is 0 Å². The van der Waals surface area contributed by atoms with E-state index in [-0.39, 0.29) is 0 Å². The molecule has 1 nitrogen and oxygen atoms in total. The molecule has 0 heterocycles. The average molecular weight is 169 g/mol. The molecule has 0 radical (unpaired) electrons. The minimum Gasteiger partial charge on any atom is -0.328 e. The maximum Gasteiger partial charge on any atom is 0.00390 e. The van der Waals surface area contributed by atoms with Crippen LogP contribution in [-0.2, 0) is 0 Å². The molecule has 0 aromatic heterocycles. The first-order valence-electron chi connectivity index (χ1n) is 5.44. The average Bonchev–Trinajstić information content (AvgIpc) is 2.03. The highest BCUT2D eigenvalue weighted by Gasteiger charge is 2.17. The molecule has 2 N–H and O–H groups in total. The molecule has 0 amide bonds. The van der Waals surface area contributed by atoms with E-state index in [2.05, 4.69) is 13.8 Å². The molecule has 0 atom stereocenters. The predicted octanol–water partition coefficient (Wildman–Crippen LogP) is 2.94. The van der Waals surface area contributed by atoms with E-state index in [1.807, 2.05) is 0 Å². The SMILES string of the molecule is CC(C)CC[C@H]1CC[C@H](N)CC1. The molecular formula is C11H23N. The molecule has 72 valence electrons. The van der Waals surface area contributed by atoms with Crippen molar-refractivity contribution in [3.8, 4) is 0 Å². The molecule has 1 heteroatoms. The van der Waals surface area contributed by atoms with Gasteiger partial charge in [0.1, 0.15) is 0 Å². The van der Waals surface area contributed by atoms with Crippen molar-refractivity contribution in [2.45, 2.75) is 58.4 Å². The molecule has 1 aliphatic carbocycles.